The van der Waals surface area contributed by atoms with Crippen LogP contribution in [0.4, 0.5) is 0 Å². The van der Waals surface area contributed by atoms with E-state index in [9.17, 15) is 4.79 Å². The van der Waals surface area contributed by atoms with Crippen LogP contribution in [-0.4, -0.2) is 24.5 Å². The van der Waals surface area contributed by atoms with Crippen LogP contribution in [0, 0.1) is 0 Å². The van der Waals surface area contributed by atoms with Gasteiger partial charge in [0, 0.05) is 34.6 Å². The van der Waals surface area contributed by atoms with Gasteiger partial charge in [-0.05, 0) is 41.0 Å². The third-order valence-electron chi connectivity index (χ3n) is 5.28. The summed E-state index contributed by atoms with van der Waals surface area (Å²) in [4.78, 5) is 16.0. The molecule has 30 heavy (non-hydrogen) atoms. The normalized spacial score (nSPS) is 11.9. The van der Waals surface area contributed by atoms with Crippen molar-refractivity contribution in [2.24, 2.45) is 0 Å². The van der Waals surface area contributed by atoms with E-state index < -0.39 is 0 Å². The lowest BCUT2D eigenvalue weighted by Gasteiger charge is -2.19. The minimum Gasteiger partial charge on any atom is -0.497 e. The molecule has 0 aliphatic carbocycles. The summed E-state index contributed by atoms with van der Waals surface area (Å²) in [6.07, 6.45) is 2.30. The van der Waals surface area contributed by atoms with Crippen LogP contribution in [0.1, 0.15) is 22.6 Å². The first-order valence-electron chi connectivity index (χ1n) is 9.86. The van der Waals surface area contributed by atoms with Crippen molar-refractivity contribution in [3.05, 3.63) is 101 Å². The maximum atomic E-state index is 12.7. The highest BCUT2D eigenvalue weighted by Gasteiger charge is 2.21. The number of aromatic nitrogens is 1. The highest BCUT2D eigenvalue weighted by molar-refractivity contribution is 6.31. The van der Waals surface area contributed by atoms with Crippen LogP contribution in [0.5, 0.6) is 5.75 Å². The number of amides is 1. The van der Waals surface area contributed by atoms with E-state index >= 15 is 0 Å². The Kier molecular flexibility index (Phi) is 6.05. The zero-order chi connectivity index (χ0) is 20.9. The highest BCUT2D eigenvalue weighted by atomic mass is 35.5. The second-order valence-electron chi connectivity index (χ2n) is 7.20. The molecule has 1 amide bonds. The van der Waals surface area contributed by atoms with E-state index in [1.165, 1.54) is 0 Å². The van der Waals surface area contributed by atoms with Gasteiger partial charge in [0.25, 0.3) is 0 Å². The zero-order valence-corrected chi connectivity index (χ0v) is 17.4. The Hall–Kier alpha value is -3.24. The average molecular weight is 419 g/mol. The smallest absolute Gasteiger partial charge is 0.224 e. The fourth-order valence-electron chi connectivity index (χ4n) is 3.77. The molecule has 4 nitrogen and oxygen atoms in total. The number of H-pyrrole nitrogens is 1. The molecule has 0 saturated heterocycles. The number of aromatic amines is 1. The van der Waals surface area contributed by atoms with E-state index in [1.807, 2.05) is 72.9 Å². The second-order valence-corrected chi connectivity index (χ2v) is 7.60. The number of carbonyl (C=O) groups excluding carboxylic acids is 1. The number of ether oxygens (including phenoxy) is 1. The van der Waals surface area contributed by atoms with E-state index in [4.69, 9.17) is 16.3 Å². The summed E-state index contributed by atoms with van der Waals surface area (Å²) < 4.78 is 5.25. The summed E-state index contributed by atoms with van der Waals surface area (Å²) in [7, 11) is 1.62. The summed E-state index contributed by atoms with van der Waals surface area (Å²) in [5, 5.41) is 4.91. The molecule has 4 aromatic rings. The van der Waals surface area contributed by atoms with Crippen LogP contribution >= 0.6 is 11.6 Å². The van der Waals surface area contributed by atoms with Crippen LogP contribution in [0.2, 0.25) is 5.02 Å². The van der Waals surface area contributed by atoms with Gasteiger partial charge in [0.2, 0.25) is 5.91 Å². The van der Waals surface area contributed by atoms with E-state index in [1.54, 1.807) is 7.11 Å². The van der Waals surface area contributed by atoms with E-state index in [-0.39, 0.29) is 11.8 Å². The monoisotopic (exact) mass is 418 g/mol. The van der Waals surface area contributed by atoms with Crippen molar-refractivity contribution >= 4 is 28.4 Å². The third kappa shape index (κ3) is 4.34. The Bertz CT molecular complexity index is 1170. The molecule has 1 aromatic heterocycles. The van der Waals surface area contributed by atoms with Crippen molar-refractivity contribution in [3.8, 4) is 5.75 Å². The van der Waals surface area contributed by atoms with Gasteiger partial charge in [-0.2, -0.15) is 0 Å². The van der Waals surface area contributed by atoms with Crippen molar-refractivity contribution in [2.75, 3.05) is 13.7 Å². The Morgan fingerprint density at radius 3 is 2.67 bits per heavy atom. The van der Waals surface area contributed by atoms with Crippen LogP contribution in [-0.2, 0) is 11.2 Å². The number of carbonyl (C=O) groups is 1. The average Bonchev–Trinajstić information content (AvgIpc) is 3.19. The fraction of sp³-hybridized carbons (Fsp3) is 0.160. The van der Waals surface area contributed by atoms with Crippen molar-refractivity contribution < 1.29 is 9.53 Å². The molecule has 5 heteroatoms. The van der Waals surface area contributed by atoms with E-state index in [0.29, 0.717) is 18.0 Å². The molecule has 0 aliphatic heterocycles. The summed E-state index contributed by atoms with van der Waals surface area (Å²) >= 11 is 6.53. The molecule has 0 saturated carbocycles. The van der Waals surface area contributed by atoms with Gasteiger partial charge >= 0.3 is 0 Å². The first kappa shape index (κ1) is 20.0. The number of nitrogens with one attached hydrogen (secondary N) is 2. The standard InChI is InChI=1S/C25H23ClN2O2/c1-30-18-8-6-7-17(13-18)14-25(29)28-16-21(19-9-2-4-11-23(19)26)22-15-27-24-12-5-3-10-20(22)24/h2-13,15,21,27H,14,16H2,1H3,(H,28,29)/t21-/m0/s1. The van der Waals surface area contributed by atoms with Gasteiger partial charge in [-0.15, -0.1) is 0 Å². The zero-order valence-electron chi connectivity index (χ0n) is 16.7. The number of methoxy groups -OCH3 is 1. The van der Waals surface area contributed by atoms with Gasteiger partial charge in [0.1, 0.15) is 5.75 Å². The molecule has 0 fully saturated rings. The fourth-order valence-corrected chi connectivity index (χ4v) is 4.04. The quantitative estimate of drug-likeness (QED) is 0.426. The Morgan fingerprint density at radius 2 is 1.83 bits per heavy atom. The molecule has 4 rings (SSSR count). The minimum absolute atomic E-state index is 0.0415. The molecule has 2 N–H and O–H groups in total. The van der Waals surface area contributed by atoms with Crippen molar-refractivity contribution in [3.63, 3.8) is 0 Å². The van der Waals surface area contributed by atoms with Crippen molar-refractivity contribution in [1.29, 1.82) is 0 Å². The molecular formula is C25H23ClN2O2. The first-order valence-corrected chi connectivity index (χ1v) is 10.2. The number of para-hydroxylation sites is 1. The van der Waals surface area contributed by atoms with Crippen LogP contribution in [0.25, 0.3) is 10.9 Å². The van der Waals surface area contributed by atoms with Gasteiger partial charge in [-0.25, -0.2) is 0 Å². The molecular weight excluding hydrogens is 396 g/mol. The molecule has 1 heterocycles. The Balaban J connectivity index is 1.58. The maximum absolute atomic E-state index is 12.7. The van der Waals surface area contributed by atoms with Gasteiger partial charge in [-0.3, -0.25) is 4.79 Å². The number of hydrogen-bond acceptors (Lipinski definition) is 2. The molecule has 0 unspecified atom stereocenters. The Morgan fingerprint density at radius 1 is 1.03 bits per heavy atom. The number of rotatable bonds is 7. The summed E-state index contributed by atoms with van der Waals surface area (Å²) in [6, 6.07) is 23.5. The lowest BCUT2D eigenvalue weighted by Crippen LogP contribution is -2.30. The molecule has 0 aliphatic rings. The highest BCUT2D eigenvalue weighted by Crippen LogP contribution is 2.34. The second kappa shape index (κ2) is 9.06. The lowest BCUT2D eigenvalue weighted by atomic mass is 9.90. The number of halogens is 1. The maximum Gasteiger partial charge on any atom is 0.224 e. The topological polar surface area (TPSA) is 54.1 Å². The minimum atomic E-state index is -0.0656. The summed E-state index contributed by atoms with van der Waals surface area (Å²) in [5.41, 5.74) is 4.08. The predicted molar refractivity (Wildman–Crippen MR) is 121 cm³/mol. The SMILES string of the molecule is COc1cccc(CC(=O)NC[C@@H](c2ccccc2Cl)c2c[nH]c3ccccc23)c1. The lowest BCUT2D eigenvalue weighted by molar-refractivity contribution is -0.120. The molecule has 0 bridgehead atoms. The van der Waals surface area contributed by atoms with Crippen molar-refractivity contribution in [2.45, 2.75) is 12.3 Å². The molecule has 0 spiro atoms. The number of hydrogen-bond donors (Lipinski definition) is 2. The molecule has 3 aromatic carbocycles. The Labute approximate surface area is 180 Å². The number of fused-ring (bicyclic) bond motifs is 1. The molecule has 0 radical (unpaired) electrons. The number of benzene rings is 3. The molecule has 152 valence electrons. The van der Waals surface area contributed by atoms with Gasteiger partial charge in [0.05, 0.1) is 13.5 Å². The summed E-state index contributed by atoms with van der Waals surface area (Å²) in [5.74, 6) is 0.636. The van der Waals surface area contributed by atoms with E-state index in [0.717, 1.165) is 33.3 Å². The van der Waals surface area contributed by atoms with Gasteiger partial charge < -0.3 is 15.0 Å². The van der Waals surface area contributed by atoms with Crippen LogP contribution in [0.15, 0.2) is 79.0 Å². The van der Waals surface area contributed by atoms with Gasteiger partial charge in [-0.1, -0.05) is 60.1 Å². The van der Waals surface area contributed by atoms with Crippen LogP contribution in [0.3, 0.4) is 0 Å². The summed E-state index contributed by atoms with van der Waals surface area (Å²) in [6.45, 7) is 0.453. The van der Waals surface area contributed by atoms with Crippen LogP contribution < -0.4 is 10.1 Å². The molecule has 1 atom stereocenters. The predicted octanol–water partition coefficient (Wildman–Crippen LogP) is 5.32. The largest absolute Gasteiger partial charge is 0.497 e. The van der Waals surface area contributed by atoms with Crippen molar-refractivity contribution in [1.82, 2.24) is 10.3 Å². The van der Waals surface area contributed by atoms with Gasteiger partial charge in [0.15, 0.2) is 0 Å². The third-order valence-corrected chi connectivity index (χ3v) is 5.62. The first-order chi connectivity index (χ1) is 14.7. The van der Waals surface area contributed by atoms with E-state index in [2.05, 4.69) is 16.4 Å².